The topological polar surface area (TPSA) is 51.5 Å². The highest BCUT2D eigenvalue weighted by Crippen LogP contribution is 2.66. The molecule has 0 atom stereocenters. The second-order valence-electron chi connectivity index (χ2n) is 14.4. The fraction of sp³-hybridized carbons (Fsp3) is 0.173. The van der Waals surface area contributed by atoms with Crippen LogP contribution in [0.2, 0.25) is 0 Å². The van der Waals surface area contributed by atoms with Gasteiger partial charge in [0.2, 0.25) is 0 Å². The zero-order chi connectivity index (χ0) is 39.7. The summed E-state index contributed by atoms with van der Waals surface area (Å²) in [7, 11) is -3.16. The van der Waals surface area contributed by atoms with Crippen molar-refractivity contribution in [2.75, 3.05) is 13.2 Å². The van der Waals surface area contributed by atoms with E-state index in [2.05, 4.69) is 176 Å². The highest BCUT2D eigenvalue weighted by Gasteiger charge is 2.38. The summed E-state index contributed by atoms with van der Waals surface area (Å²) >= 11 is 0. The van der Waals surface area contributed by atoms with Crippen LogP contribution in [-0.2, 0) is 19.2 Å². The number of benzene rings is 7. The van der Waals surface area contributed by atoms with Gasteiger partial charge in [0.25, 0.3) is 0 Å². The van der Waals surface area contributed by atoms with Crippen LogP contribution >= 0.6 is 10.3 Å². The lowest BCUT2D eigenvalue weighted by Gasteiger charge is -2.42. The van der Waals surface area contributed by atoms with E-state index in [0.717, 1.165) is 41.0 Å². The lowest BCUT2D eigenvalue weighted by molar-refractivity contribution is 0.140. The summed E-state index contributed by atoms with van der Waals surface area (Å²) in [5.41, 5.74) is 6.88. The van der Waals surface area contributed by atoms with Crippen LogP contribution in [0.1, 0.15) is 70.9 Å². The van der Waals surface area contributed by atoms with E-state index in [4.69, 9.17) is 13.4 Å². The first kappa shape index (κ1) is 40.5. The van der Waals surface area contributed by atoms with Gasteiger partial charge in [0, 0.05) is 40.6 Å². The van der Waals surface area contributed by atoms with Crippen molar-refractivity contribution in [3.8, 4) is 6.07 Å². The Morgan fingerprint density at radius 3 is 1.14 bits per heavy atom. The molecule has 0 spiro atoms. The first-order valence-corrected chi connectivity index (χ1v) is 22.0. The monoisotopic (exact) mass is 779 g/mol. The second kappa shape index (κ2) is 21.2. The summed E-state index contributed by atoms with van der Waals surface area (Å²) in [6.07, 6.45) is 3.46. The van der Waals surface area contributed by atoms with E-state index in [-0.39, 0.29) is 11.8 Å². The molecule has 7 aromatic rings. The standard InChI is InChI=1S/C52H50BNO3S/c54-41-43-35-37-44(38-36-43)42-58(49-29-15-5-16-30-49,50-31-17-6-18-32-50)57-53(55-39-19-33-51(45-21-7-1-8-22-45)46-23-9-2-10-24-46)56-40-20-34-52(47-25-11-3-12-26-47)48-27-13-4-14-28-48/h1-18,21-32,35-38,51-52H,19-20,33-34,39-40,42H2. The molecule has 0 N–H and O–H groups in total. The Morgan fingerprint density at radius 2 is 0.793 bits per heavy atom. The normalized spacial score (nSPS) is 11.7. The predicted octanol–water partition coefficient (Wildman–Crippen LogP) is 13.2. The summed E-state index contributed by atoms with van der Waals surface area (Å²) in [6.45, 7) is 0.931. The Morgan fingerprint density at radius 1 is 0.448 bits per heavy atom. The van der Waals surface area contributed by atoms with Crippen molar-refractivity contribution in [1.82, 2.24) is 0 Å². The van der Waals surface area contributed by atoms with Gasteiger partial charge < -0.3 is 13.4 Å². The van der Waals surface area contributed by atoms with Crippen molar-refractivity contribution in [3.05, 3.63) is 240 Å². The molecule has 0 saturated carbocycles. The van der Waals surface area contributed by atoms with Crippen LogP contribution in [0.3, 0.4) is 0 Å². The van der Waals surface area contributed by atoms with Crippen molar-refractivity contribution in [1.29, 1.82) is 5.26 Å². The van der Waals surface area contributed by atoms with Gasteiger partial charge in [-0.1, -0.05) is 180 Å². The zero-order valence-electron chi connectivity index (χ0n) is 32.9. The van der Waals surface area contributed by atoms with Crippen LogP contribution < -0.4 is 0 Å². The second-order valence-corrected chi connectivity index (χ2v) is 17.2. The minimum absolute atomic E-state index is 0.244. The van der Waals surface area contributed by atoms with Crippen molar-refractivity contribution >= 4 is 17.6 Å². The van der Waals surface area contributed by atoms with Crippen LogP contribution in [0.4, 0.5) is 0 Å². The molecule has 0 amide bonds. The molecule has 6 heteroatoms. The molecule has 0 aliphatic heterocycles. The summed E-state index contributed by atoms with van der Waals surface area (Å²) in [6, 6.07) is 74.0. The highest BCUT2D eigenvalue weighted by atomic mass is 32.3. The fourth-order valence-electron chi connectivity index (χ4n) is 7.60. The third kappa shape index (κ3) is 10.8. The zero-order valence-corrected chi connectivity index (χ0v) is 33.7. The van der Waals surface area contributed by atoms with E-state index in [1.807, 2.05) is 36.4 Å². The maximum Gasteiger partial charge on any atom is 0.650 e. The smallest absolute Gasteiger partial charge is 0.385 e. The van der Waals surface area contributed by atoms with Gasteiger partial charge in [-0.2, -0.15) is 5.26 Å². The number of hydrogen-bond donors (Lipinski definition) is 0. The maximum absolute atomic E-state index is 9.57. The maximum atomic E-state index is 9.57. The third-order valence-corrected chi connectivity index (χ3v) is 13.8. The predicted molar refractivity (Wildman–Crippen MR) is 239 cm³/mol. The van der Waals surface area contributed by atoms with Gasteiger partial charge in [0.15, 0.2) is 0 Å². The Bertz CT molecular complexity index is 2050. The van der Waals surface area contributed by atoms with E-state index < -0.39 is 17.6 Å². The van der Waals surface area contributed by atoms with Crippen LogP contribution in [0, 0.1) is 11.3 Å². The molecular weight excluding hydrogens is 729 g/mol. The average Bonchev–Trinajstić information content (AvgIpc) is 3.30. The van der Waals surface area contributed by atoms with E-state index >= 15 is 0 Å². The largest absolute Gasteiger partial charge is 0.650 e. The first-order valence-electron chi connectivity index (χ1n) is 20.2. The molecule has 0 aromatic heterocycles. The van der Waals surface area contributed by atoms with Gasteiger partial charge >= 0.3 is 7.32 Å². The molecule has 0 saturated heterocycles. The van der Waals surface area contributed by atoms with Gasteiger partial charge in [0.05, 0.1) is 11.6 Å². The molecule has 4 nitrogen and oxygen atoms in total. The van der Waals surface area contributed by atoms with Crippen LogP contribution in [0.25, 0.3) is 0 Å². The van der Waals surface area contributed by atoms with E-state index in [0.29, 0.717) is 24.5 Å². The summed E-state index contributed by atoms with van der Waals surface area (Å²) in [5, 5.41) is 9.57. The first-order chi connectivity index (χ1) is 28.7. The number of nitrogens with zero attached hydrogens (tertiary/aromatic N) is 1. The molecule has 7 aromatic carbocycles. The Labute approximate surface area is 346 Å². The van der Waals surface area contributed by atoms with Crippen molar-refractivity contribution in [3.63, 3.8) is 0 Å². The molecule has 58 heavy (non-hydrogen) atoms. The summed E-state index contributed by atoms with van der Waals surface area (Å²) < 4.78 is 20.9. The number of nitriles is 1. The Balaban J connectivity index is 1.16. The lowest BCUT2D eigenvalue weighted by atomic mass is 9.87. The Hall–Kier alpha value is -5.68. The summed E-state index contributed by atoms with van der Waals surface area (Å²) in [5.74, 6) is 1.08. The lowest BCUT2D eigenvalue weighted by Crippen LogP contribution is -2.31. The molecule has 7 rings (SSSR count). The molecule has 0 heterocycles. The SMILES string of the molecule is N#Cc1ccc(CS(OB(OCCCC(c2ccccc2)c2ccccc2)OCCCC(c2ccccc2)c2ccccc2)(c2ccccc2)c2ccccc2)cc1. The molecule has 0 fully saturated rings. The quantitative estimate of drug-likeness (QED) is 0.0571. The molecule has 0 bridgehead atoms. The van der Waals surface area contributed by atoms with Gasteiger partial charge in [-0.3, -0.25) is 0 Å². The molecule has 0 radical (unpaired) electrons. The van der Waals surface area contributed by atoms with Gasteiger partial charge in [-0.25, -0.2) is 0 Å². The van der Waals surface area contributed by atoms with E-state index in [9.17, 15) is 5.26 Å². The fourth-order valence-corrected chi connectivity index (χ4v) is 10.7. The molecule has 290 valence electrons. The van der Waals surface area contributed by atoms with Gasteiger partial charge in [0.1, 0.15) is 0 Å². The van der Waals surface area contributed by atoms with E-state index in [1.54, 1.807) is 0 Å². The van der Waals surface area contributed by atoms with Crippen LogP contribution in [0.5, 0.6) is 0 Å². The minimum atomic E-state index is -2.24. The minimum Gasteiger partial charge on any atom is -0.385 e. The van der Waals surface area contributed by atoms with E-state index in [1.165, 1.54) is 22.3 Å². The molecular formula is C52H50BNO3S. The molecule has 0 aliphatic carbocycles. The molecule has 0 aliphatic rings. The van der Waals surface area contributed by atoms with Crippen molar-refractivity contribution in [2.24, 2.45) is 0 Å². The Kier molecular flexibility index (Phi) is 14.8. The van der Waals surface area contributed by atoms with Gasteiger partial charge in [-0.15, -0.1) is 0 Å². The third-order valence-electron chi connectivity index (χ3n) is 10.5. The van der Waals surface area contributed by atoms with Crippen LogP contribution in [0.15, 0.2) is 216 Å². The van der Waals surface area contributed by atoms with Crippen molar-refractivity contribution < 1.29 is 13.4 Å². The highest BCUT2D eigenvalue weighted by molar-refractivity contribution is 8.29. The van der Waals surface area contributed by atoms with Gasteiger partial charge in [-0.05, 0) is 89.9 Å². The molecule has 0 unspecified atom stereocenters. The average molecular weight is 780 g/mol. The van der Waals surface area contributed by atoms with Crippen LogP contribution in [-0.4, -0.2) is 20.5 Å². The summed E-state index contributed by atoms with van der Waals surface area (Å²) in [4.78, 5) is 2.15. The number of hydrogen-bond acceptors (Lipinski definition) is 4. The number of rotatable bonds is 20. The van der Waals surface area contributed by atoms with Crippen molar-refractivity contribution in [2.45, 2.75) is 53.1 Å².